The summed E-state index contributed by atoms with van der Waals surface area (Å²) in [5.41, 5.74) is 2.88. The molecule has 0 unspecified atom stereocenters. The van der Waals surface area contributed by atoms with E-state index in [1.54, 1.807) is 6.33 Å². The van der Waals surface area contributed by atoms with Gasteiger partial charge in [0.15, 0.2) is 5.82 Å². The molecule has 3 aromatic rings. The first-order chi connectivity index (χ1) is 11.8. The highest BCUT2D eigenvalue weighted by Gasteiger charge is 2.08. The topological polar surface area (TPSA) is 59.8 Å². The molecule has 0 bridgehead atoms. The van der Waals surface area contributed by atoms with Gasteiger partial charge < -0.3 is 9.88 Å². The van der Waals surface area contributed by atoms with E-state index in [2.05, 4.69) is 15.5 Å². The van der Waals surface area contributed by atoms with Crippen molar-refractivity contribution in [3.8, 4) is 11.4 Å². The Morgan fingerprint density at radius 3 is 2.75 bits per heavy atom. The summed E-state index contributed by atoms with van der Waals surface area (Å²) in [5.74, 6) is 0.811. The molecule has 0 atom stereocenters. The highest BCUT2D eigenvalue weighted by Crippen LogP contribution is 2.21. The molecule has 0 aliphatic rings. The van der Waals surface area contributed by atoms with Crippen LogP contribution in [-0.2, 0) is 17.8 Å². The molecule has 0 saturated carbocycles. The van der Waals surface area contributed by atoms with Crippen molar-refractivity contribution in [3.05, 3.63) is 66.5 Å². The number of benzene rings is 2. The maximum absolute atomic E-state index is 12.2. The van der Waals surface area contributed by atoms with E-state index in [0.717, 1.165) is 35.6 Å². The van der Waals surface area contributed by atoms with Crippen LogP contribution in [0.3, 0.4) is 0 Å². The fourth-order valence-electron chi connectivity index (χ4n) is 2.57. The quantitative estimate of drug-likeness (QED) is 0.756. The Labute approximate surface area is 141 Å². The van der Waals surface area contributed by atoms with Gasteiger partial charge in [-0.15, -0.1) is 10.2 Å². The molecule has 24 heavy (non-hydrogen) atoms. The van der Waals surface area contributed by atoms with Gasteiger partial charge in [0.05, 0.1) is 0 Å². The minimum atomic E-state index is 0.00737. The molecule has 5 nitrogen and oxygen atoms in total. The predicted molar refractivity (Wildman–Crippen MR) is 94.5 cm³/mol. The molecular formula is C19H20N4O. The van der Waals surface area contributed by atoms with Crippen molar-refractivity contribution in [2.75, 3.05) is 5.32 Å². The summed E-state index contributed by atoms with van der Waals surface area (Å²) in [5, 5.41) is 11.1. The van der Waals surface area contributed by atoms with Crippen LogP contribution in [0, 0.1) is 0 Å². The Balaban J connectivity index is 1.65. The highest BCUT2D eigenvalue weighted by molar-refractivity contribution is 5.91. The molecule has 0 aliphatic heterocycles. The van der Waals surface area contributed by atoms with Gasteiger partial charge in [-0.1, -0.05) is 42.5 Å². The number of nitrogens with zero attached hydrogens (tertiary/aromatic N) is 3. The molecule has 0 fully saturated rings. The van der Waals surface area contributed by atoms with Gasteiger partial charge in [-0.05, 0) is 31.0 Å². The zero-order valence-electron chi connectivity index (χ0n) is 13.6. The summed E-state index contributed by atoms with van der Waals surface area (Å²) in [7, 11) is 0. The van der Waals surface area contributed by atoms with E-state index in [0.29, 0.717) is 6.42 Å². The molecule has 0 radical (unpaired) electrons. The van der Waals surface area contributed by atoms with E-state index in [4.69, 9.17) is 0 Å². The smallest absolute Gasteiger partial charge is 0.224 e. The number of amides is 1. The van der Waals surface area contributed by atoms with E-state index in [-0.39, 0.29) is 5.91 Å². The number of nitrogens with one attached hydrogen (secondary N) is 1. The monoisotopic (exact) mass is 320 g/mol. The summed E-state index contributed by atoms with van der Waals surface area (Å²) < 4.78 is 1.97. The van der Waals surface area contributed by atoms with Crippen LogP contribution in [0.5, 0.6) is 0 Å². The van der Waals surface area contributed by atoms with Crippen LogP contribution >= 0.6 is 0 Å². The van der Waals surface area contributed by atoms with Crippen LogP contribution in [0.25, 0.3) is 11.4 Å². The Hall–Kier alpha value is -2.95. The second-order valence-electron chi connectivity index (χ2n) is 5.56. The molecule has 3 rings (SSSR count). The SMILES string of the molecule is CCn1cnnc1-c1cccc(NC(=O)CCc2ccccc2)c1. The van der Waals surface area contributed by atoms with Gasteiger partial charge in [-0.25, -0.2) is 0 Å². The fourth-order valence-corrected chi connectivity index (χ4v) is 2.57. The molecule has 0 saturated heterocycles. The average molecular weight is 320 g/mol. The lowest BCUT2D eigenvalue weighted by atomic mass is 10.1. The second-order valence-corrected chi connectivity index (χ2v) is 5.56. The lowest BCUT2D eigenvalue weighted by molar-refractivity contribution is -0.116. The highest BCUT2D eigenvalue weighted by atomic mass is 16.1. The minimum Gasteiger partial charge on any atom is -0.326 e. The fraction of sp³-hybridized carbons (Fsp3) is 0.211. The van der Waals surface area contributed by atoms with Gasteiger partial charge in [0.2, 0.25) is 5.91 Å². The van der Waals surface area contributed by atoms with E-state index < -0.39 is 0 Å². The Kier molecular flexibility index (Phi) is 5.01. The molecule has 122 valence electrons. The Morgan fingerprint density at radius 2 is 1.96 bits per heavy atom. The first-order valence-corrected chi connectivity index (χ1v) is 8.08. The largest absolute Gasteiger partial charge is 0.326 e. The number of hydrogen-bond donors (Lipinski definition) is 1. The Morgan fingerprint density at radius 1 is 1.12 bits per heavy atom. The molecule has 2 aromatic carbocycles. The van der Waals surface area contributed by atoms with Gasteiger partial charge in [0, 0.05) is 24.2 Å². The van der Waals surface area contributed by atoms with Gasteiger partial charge in [-0.3, -0.25) is 4.79 Å². The van der Waals surface area contributed by atoms with Crippen molar-refractivity contribution >= 4 is 11.6 Å². The van der Waals surface area contributed by atoms with Crippen LogP contribution < -0.4 is 5.32 Å². The van der Waals surface area contributed by atoms with Crippen LogP contribution in [0.2, 0.25) is 0 Å². The third kappa shape index (κ3) is 3.87. The molecule has 1 heterocycles. The summed E-state index contributed by atoms with van der Waals surface area (Å²) in [4.78, 5) is 12.2. The van der Waals surface area contributed by atoms with E-state index in [1.165, 1.54) is 0 Å². The first-order valence-electron chi connectivity index (χ1n) is 8.08. The molecule has 0 aliphatic carbocycles. The number of carbonyl (C=O) groups excluding carboxylic acids is 1. The summed E-state index contributed by atoms with van der Waals surface area (Å²) >= 11 is 0. The van der Waals surface area contributed by atoms with Crippen molar-refractivity contribution < 1.29 is 4.79 Å². The van der Waals surface area contributed by atoms with Crippen molar-refractivity contribution in [1.82, 2.24) is 14.8 Å². The number of anilines is 1. The molecule has 1 amide bonds. The first kappa shape index (κ1) is 15.9. The van der Waals surface area contributed by atoms with Gasteiger partial charge >= 0.3 is 0 Å². The average Bonchev–Trinajstić information content (AvgIpc) is 3.10. The predicted octanol–water partition coefficient (Wildman–Crippen LogP) is 3.54. The molecule has 1 aromatic heterocycles. The second kappa shape index (κ2) is 7.55. The number of aryl methyl sites for hydroxylation is 2. The zero-order chi connectivity index (χ0) is 16.8. The Bertz CT molecular complexity index is 811. The number of rotatable bonds is 6. The lowest BCUT2D eigenvalue weighted by Gasteiger charge is -2.08. The summed E-state index contributed by atoms with van der Waals surface area (Å²) in [6.45, 7) is 2.85. The van der Waals surface area contributed by atoms with Crippen molar-refractivity contribution in [2.45, 2.75) is 26.3 Å². The minimum absolute atomic E-state index is 0.00737. The van der Waals surface area contributed by atoms with Crippen LogP contribution in [0.1, 0.15) is 18.9 Å². The van der Waals surface area contributed by atoms with Crippen LogP contribution in [0.15, 0.2) is 60.9 Å². The normalized spacial score (nSPS) is 10.5. The molecular weight excluding hydrogens is 300 g/mol. The molecule has 1 N–H and O–H groups in total. The van der Waals surface area contributed by atoms with Crippen molar-refractivity contribution in [3.63, 3.8) is 0 Å². The number of aromatic nitrogens is 3. The number of hydrogen-bond acceptors (Lipinski definition) is 3. The van der Waals surface area contributed by atoms with Gasteiger partial charge in [0.25, 0.3) is 0 Å². The maximum Gasteiger partial charge on any atom is 0.224 e. The van der Waals surface area contributed by atoms with E-state index in [1.807, 2.05) is 66.1 Å². The number of carbonyl (C=O) groups is 1. The van der Waals surface area contributed by atoms with Crippen LogP contribution in [0.4, 0.5) is 5.69 Å². The van der Waals surface area contributed by atoms with Gasteiger partial charge in [-0.2, -0.15) is 0 Å². The van der Waals surface area contributed by atoms with Crippen LogP contribution in [-0.4, -0.2) is 20.7 Å². The molecule has 0 spiro atoms. The summed E-state index contributed by atoms with van der Waals surface area (Å²) in [6.07, 6.45) is 2.90. The van der Waals surface area contributed by atoms with Gasteiger partial charge in [0.1, 0.15) is 6.33 Å². The van der Waals surface area contributed by atoms with E-state index >= 15 is 0 Å². The van der Waals surface area contributed by atoms with Crippen molar-refractivity contribution in [2.24, 2.45) is 0 Å². The van der Waals surface area contributed by atoms with E-state index in [9.17, 15) is 4.79 Å². The lowest BCUT2D eigenvalue weighted by Crippen LogP contribution is -2.12. The third-order valence-electron chi connectivity index (χ3n) is 3.84. The summed E-state index contributed by atoms with van der Waals surface area (Å²) in [6, 6.07) is 17.7. The standard InChI is InChI=1S/C19H20N4O/c1-2-23-14-20-22-19(23)16-9-6-10-17(13-16)21-18(24)12-11-15-7-4-3-5-8-15/h3-10,13-14H,2,11-12H2,1H3,(H,21,24). The maximum atomic E-state index is 12.2. The third-order valence-corrected chi connectivity index (χ3v) is 3.84. The van der Waals surface area contributed by atoms with Crippen molar-refractivity contribution in [1.29, 1.82) is 0 Å². The zero-order valence-corrected chi connectivity index (χ0v) is 13.6. The molecule has 5 heteroatoms.